The van der Waals surface area contributed by atoms with Gasteiger partial charge in [0.05, 0.1) is 19.1 Å². The summed E-state index contributed by atoms with van der Waals surface area (Å²) in [5.74, 6) is 0.00708. The molecule has 1 amide bonds. The van der Waals surface area contributed by atoms with Crippen LogP contribution in [0.15, 0.2) is 11.6 Å². The topological polar surface area (TPSA) is 108 Å². The van der Waals surface area contributed by atoms with Gasteiger partial charge in [0.25, 0.3) is 0 Å². The highest BCUT2D eigenvalue weighted by molar-refractivity contribution is 5.77. The van der Waals surface area contributed by atoms with E-state index in [2.05, 4.69) is 26.8 Å². The van der Waals surface area contributed by atoms with E-state index in [9.17, 15) is 19.2 Å². The third-order valence-electron chi connectivity index (χ3n) is 13.1. The van der Waals surface area contributed by atoms with Crippen molar-refractivity contribution in [1.29, 1.82) is 0 Å². The molecule has 0 aromatic heterocycles. The van der Waals surface area contributed by atoms with Crippen LogP contribution in [0.2, 0.25) is 0 Å². The number of allylic oxidation sites excluding steroid dienone is 1. The standard InChI is InChI=1S/C34H49NO8/c1-18-30-28(43-34(18)13-10-22(31(39)40-7)17-35(34)19(2)36)15-27-25-9-8-23-14-24(41-20(3)37)11-12-32(23,5)26(25)16-29(33(27,30)6)42-21(4)38/h8,18,22,24-30H,9-17H2,1-7H3/t18-,22+,24-,25+,26-,27-,28-,29+,30-,32-,33+,34+/m0/s1. The molecule has 2 saturated heterocycles. The van der Waals surface area contributed by atoms with Crippen LogP contribution >= 0.6 is 0 Å². The number of piperidine rings is 1. The molecule has 0 aromatic rings. The van der Waals surface area contributed by atoms with Crippen LogP contribution in [-0.2, 0) is 38.1 Å². The summed E-state index contributed by atoms with van der Waals surface area (Å²) >= 11 is 0. The Bertz CT molecular complexity index is 1230. The van der Waals surface area contributed by atoms with Crippen LogP contribution in [0.25, 0.3) is 0 Å². The normalized spacial score (nSPS) is 46.5. The van der Waals surface area contributed by atoms with E-state index in [1.54, 1.807) is 11.8 Å². The molecule has 5 fully saturated rings. The van der Waals surface area contributed by atoms with Gasteiger partial charge in [-0.1, -0.05) is 32.4 Å². The number of carbonyl (C=O) groups is 4. The van der Waals surface area contributed by atoms with Crippen molar-refractivity contribution in [3.63, 3.8) is 0 Å². The van der Waals surface area contributed by atoms with Gasteiger partial charge < -0.3 is 23.8 Å². The molecular weight excluding hydrogens is 550 g/mol. The van der Waals surface area contributed by atoms with Crippen LogP contribution < -0.4 is 0 Å². The lowest BCUT2D eigenvalue weighted by atomic mass is 9.46. The number of hydrogen-bond donors (Lipinski definition) is 0. The molecular formula is C34H49NO8. The van der Waals surface area contributed by atoms with Crippen molar-refractivity contribution < 1.29 is 38.1 Å². The first-order valence-electron chi connectivity index (χ1n) is 16.3. The summed E-state index contributed by atoms with van der Waals surface area (Å²) in [7, 11) is 1.39. The maximum absolute atomic E-state index is 13.1. The lowest BCUT2D eigenvalue weighted by Gasteiger charge is -2.60. The fraction of sp³-hybridized carbons (Fsp3) is 0.824. The summed E-state index contributed by atoms with van der Waals surface area (Å²) in [6, 6.07) is 0. The Morgan fingerprint density at radius 1 is 0.977 bits per heavy atom. The van der Waals surface area contributed by atoms with Crippen molar-refractivity contribution in [3.8, 4) is 0 Å². The van der Waals surface area contributed by atoms with E-state index in [4.69, 9.17) is 18.9 Å². The Labute approximate surface area is 255 Å². The molecule has 0 unspecified atom stereocenters. The Hall–Kier alpha value is -2.42. The van der Waals surface area contributed by atoms with Crippen molar-refractivity contribution in [2.45, 2.75) is 117 Å². The zero-order chi connectivity index (χ0) is 31.1. The van der Waals surface area contributed by atoms with Crippen molar-refractivity contribution in [2.24, 2.45) is 46.3 Å². The molecule has 0 N–H and O–H groups in total. The second-order valence-electron chi connectivity index (χ2n) is 14.9. The number of rotatable bonds is 3. The number of ether oxygens (including phenoxy) is 4. The minimum atomic E-state index is -0.780. The molecule has 2 heterocycles. The third kappa shape index (κ3) is 4.49. The van der Waals surface area contributed by atoms with Gasteiger partial charge in [0.2, 0.25) is 5.91 Å². The van der Waals surface area contributed by atoms with E-state index < -0.39 is 5.72 Å². The summed E-state index contributed by atoms with van der Waals surface area (Å²) in [4.78, 5) is 51.7. The van der Waals surface area contributed by atoms with Crippen molar-refractivity contribution in [3.05, 3.63) is 11.6 Å². The van der Waals surface area contributed by atoms with Gasteiger partial charge in [-0.2, -0.15) is 0 Å². The summed E-state index contributed by atoms with van der Waals surface area (Å²) < 4.78 is 24.0. The van der Waals surface area contributed by atoms with E-state index in [1.807, 2.05) is 0 Å². The minimum absolute atomic E-state index is 0.00838. The Kier molecular flexibility index (Phi) is 7.54. The lowest BCUT2D eigenvalue weighted by molar-refractivity contribution is -0.207. The number of hydrogen-bond acceptors (Lipinski definition) is 8. The number of methoxy groups -OCH3 is 1. The maximum Gasteiger partial charge on any atom is 0.310 e. The second kappa shape index (κ2) is 10.6. The molecule has 6 rings (SSSR count). The Balaban J connectivity index is 1.33. The largest absolute Gasteiger partial charge is 0.469 e. The predicted octanol–water partition coefficient (Wildman–Crippen LogP) is 4.81. The van der Waals surface area contributed by atoms with Gasteiger partial charge in [-0.25, -0.2) is 0 Å². The van der Waals surface area contributed by atoms with Gasteiger partial charge in [0, 0.05) is 51.0 Å². The minimum Gasteiger partial charge on any atom is -0.469 e. The Morgan fingerprint density at radius 3 is 2.35 bits per heavy atom. The SMILES string of the molecule is COC(=O)[C@@H]1CC[C@]2(O[C@H]3C[C@H]4[C@@H]5CC=C6C[C@@H](OC(C)=O)CC[C@]6(C)[C@H]5C[C@@H](OC(C)=O)[C@]4(C)[C@H]3[C@@H]2C)N(C(C)=O)C1. The summed E-state index contributed by atoms with van der Waals surface area (Å²) in [5.41, 5.74) is 0.275. The predicted molar refractivity (Wildman–Crippen MR) is 156 cm³/mol. The molecule has 0 aromatic carbocycles. The zero-order valence-electron chi connectivity index (χ0n) is 26.9. The van der Waals surface area contributed by atoms with Crippen molar-refractivity contribution in [1.82, 2.24) is 4.90 Å². The van der Waals surface area contributed by atoms with E-state index in [0.717, 1.165) is 38.5 Å². The number of fused-ring (bicyclic) bond motifs is 7. The van der Waals surface area contributed by atoms with Crippen LogP contribution in [0.5, 0.6) is 0 Å². The van der Waals surface area contributed by atoms with Crippen LogP contribution in [-0.4, -0.2) is 66.4 Å². The van der Waals surface area contributed by atoms with E-state index in [1.165, 1.54) is 26.5 Å². The number of amides is 1. The molecule has 43 heavy (non-hydrogen) atoms. The van der Waals surface area contributed by atoms with E-state index >= 15 is 0 Å². The number of likely N-dealkylation sites (tertiary alicyclic amines) is 1. The van der Waals surface area contributed by atoms with Crippen LogP contribution in [0.1, 0.15) is 92.9 Å². The van der Waals surface area contributed by atoms with Gasteiger partial charge in [-0.3, -0.25) is 19.2 Å². The average Bonchev–Trinajstić information content (AvgIpc) is 3.39. The first-order chi connectivity index (χ1) is 20.3. The molecule has 0 bridgehead atoms. The molecule has 3 saturated carbocycles. The smallest absolute Gasteiger partial charge is 0.310 e. The van der Waals surface area contributed by atoms with Gasteiger partial charge in [0.15, 0.2) is 0 Å². The molecule has 0 radical (unpaired) electrons. The summed E-state index contributed by atoms with van der Waals surface area (Å²) in [6.07, 6.45) is 8.44. The maximum atomic E-state index is 13.1. The van der Waals surface area contributed by atoms with Gasteiger partial charge >= 0.3 is 17.9 Å². The summed E-state index contributed by atoms with van der Waals surface area (Å²) in [5, 5.41) is 0. The average molecular weight is 600 g/mol. The van der Waals surface area contributed by atoms with Gasteiger partial charge in [-0.15, -0.1) is 0 Å². The first-order valence-corrected chi connectivity index (χ1v) is 16.3. The molecule has 6 aliphatic rings. The summed E-state index contributed by atoms with van der Waals surface area (Å²) in [6.45, 7) is 11.8. The third-order valence-corrected chi connectivity index (χ3v) is 13.1. The molecule has 9 nitrogen and oxygen atoms in total. The van der Waals surface area contributed by atoms with Crippen molar-refractivity contribution in [2.75, 3.05) is 13.7 Å². The number of esters is 3. The molecule has 12 atom stereocenters. The molecule has 9 heteroatoms. The van der Waals surface area contributed by atoms with E-state index in [0.29, 0.717) is 37.1 Å². The zero-order valence-corrected chi connectivity index (χ0v) is 26.9. The number of nitrogens with zero attached hydrogens (tertiary/aromatic N) is 1. The Morgan fingerprint density at radius 2 is 1.70 bits per heavy atom. The molecule has 2 aliphatic heterocycles. The lowest BCUT2D eigenvalue weighted by Crippen LogP contribution is -2.62. The highest BCUT2D eigenvalue weighted by atomic mass is 16.6. The van der Waals surface area contributed by atoms with Crippen LogP contribution in [0, 0.1) is 46.3 Å². The molecule has 1 spiro atoms. The molecule has 4 aliphatic carbocycles. The highest BCUT2D eigenvalue weighted by Crippen LogP contribution is 2.71. The quantitative estimate of drug-likeness (QED) is 0.258. The van der Waals surface area contributed by atoms with Gasteiger partial charge in [0.1, 0.15) is 17.9 Å². The highest BCUT2D eigenvalue weighted by Gasteiger charge is 2.73. The van der Waals surface area contributed by atoms with Gasteiger partial charge in [-0.05, 0) is 68.1 Å². The fourth-order valence-corrected chi connectivity index (χ4v) is 11.3. The second-order valence-corrected chi connectivity index (χ2v) is 14.9. The van der Waals surface area contributed by atoms with Crippen LogP contribution in [0.4, 0.5) is 0 Å². The van der Waals surface area contributed by atoms with Crippen molar-refractivity contribution >= 4 is 23.8 Å². The monoisotopic (exact) mass is 599 g/mol. The van der Waals surface area contributed by atoms with Crippen LogP contribution in [0.3, 0.4) is 0 Å². The fourth-order valence-electron chi connectivity index (χ4n) is 11.3. The number of carbonyl (C=O) groups excluding carboxylic acids is 4. The van der Waals surface area contributed by atoms with E-state index in [-0.39, 0.29) is 70.7 Å². The molecule has 238 valence electrons. The first kappa shape index (κ1) is 30.6.